The summed E-state index contributed by atoms with van der Waals surface area (Å²) < 4.78 is 14.5. The first kappa shape index (κ1) is 15.3. The largest absolute Gasteiger partial charge is 0.465 e. The van der Waals surface area contributed by atoms with Crippen molar-refractivity contribution in [1.82, 2.24) is 5.06 Å². The predicted octanol–water partition coefficient (Wildman–Crippen LogP) is -0.0738. The van der Waals surface area contributed by atoms with Crippen LogP contribution >= 0.6 is 0 Å². The maximum absolute atomic E-state index is 12.3. The average Bonchev–Trinajstić information content (AvgIpc) is 2.78. The summed E-state index contributed by atoms with van der Waals surface area (Å²) in [4.78, 5) is 41.6. The third-order valence-corrected chi connectivity index (χ3v) is 3.84. The zero-order chi connectivity index (χ0) is 15.9. The zero-order valence-electron chi connectivity index (χ0n) is 12.5. The molecule has 8 nitrogen and oxygen atoms in total. The molecule has 0 amide bonds. The second kappa shape index (κ2) is 5.03. The van der Waals surface area contributed by atoms with Crippen LogP contribution in [0.4, 0.5) is 0 Å². The summed E-state index contributed by atoms with van der Waals surface area (Å²) in [6.07, 6.45) is -0.457. The molecule has 0 aromatic heterocycles. The van der Waals surface area contributed by atoms with Gasteiger partial charge in [-0.2, -0.15) is 0 Å². The molecule has 116 valence electrons. The molecule has 1 saturated heterocycles. The van der Waals surface area contributed by atoms with E-state index >= 15 is 0 Å². The highest BCUT2D eigenvalue weighted by molar-refractivity contribution is 6.07. The molecule has 21 heavy (non-hydrogen) atoms. The van der Waals surface area contributed by atoms with Gasteiger partial charge in [0.2, 0.25) is 5.76 Å². The van der Waals surface area contributed by atoms with Crippen molar-refractivity contribution in [3.8, 4) is 0 Å². The molecule has 3 atom stereocenters. The van der Waals surface area contributed by atoms with Crippen LogP contribution < -0.4 is 0 Å². The highest BCUT2D eigenvalue weighted by Crippen LogP contribution is 2.43. The van der Waals surface area contributed by atoms with Gasteiger partial charge >= 0.3 is 17.9 Å². The van der Waals surface area contributed by atoms with E-state index in [0.717, 1.165) is 14.2 Å². The summed E-state index contributed by atoms with van der Waals surface area (Å²) in [5.74, 6) is -2.75. The fourth-order valence-electron chi connectivity index (χ4n) is 2.45. The lowest BCUT2D eigenvalue weighted by atomic mass is 9.88. The van der Waals surface area contributed by atoms with Crippen LogP contribution in [0.1, 0.15) is 20.8 Å². The van der Waals surface area contributed by atoms with E-state index in [0.29, 0.717) is 0 Å². The summed E-state index contributed by atoms with van der Waals surface area (Å²) >= 11 is 0. The van der Waals surface area contributed by atoms with Crippen molar-refractivity contribution in [3.63, 3.8) is 0 Å². The van der Waals surface area contributed by atoms with E-state index in [4.69, 9.17) is 9.57 Å². The van der Waals surface area contributed by atoms with Gasteiger partial charge in [0.1, 0.15) is 11.7 Å². The number of hydrogen-bond donors (Lipinski definition) is 0. The van der Waals surface area contributed by atoms with Gasteiger partial charge in [0.25, 0.3) is 0 Å². The first-order chi connectivity index (χ1) is 9.78. The maximum Gasteiger partial charge on any atom is 0.376 e. The molecule has 2 aliphatic rings. The second-order valence-corrected chi connectivity index (χ2v) is 5.03. The third kappa shape index (κ3) is 1.98. The highest BCUT2D eigenvalue weighted by Gasteiger charge is 2.62. The number of carbonyl (C=O) groups is 3. The van der Waals surface area contributed by atoms with Crippen molar-refractivity contribution in [2.75, 3.05) is 14.2 Å². The van der Waals surface area contributed by atoms with Gasteiger partial charge in [-0.15, -0.1) is 5.06 Å². The molecule has 0 N–H and O–H groups in total. The molecule has 2 heterocycles. The van der Waals surface area contributed by atoms with Crippen molar-refractivity contribution in [2.24, 2.45) is 0 Å². The van der Waals surface area contributed by atoms with Crippen LogP contribution in [-0.2, 0) is 33.4 Å². The number of rotatable bonds is 2. The Kier molecular flexibility index (Phi) is 3.66. The predicted molar refractivity (Wildman–Crippen MR) is 67.4 cm³/mol. The highest BCUT2D eigenvalue weighted by atomic mass is 16.7. The number of cyclic esters (lactones) is 1. The van der Waals surface area contributed by atoms with Gasteiger partial charge in [-0.3, -0.25) is 0 Å². The SMILES string of the molecule is COC(=O)C1=C(C(=O)OC)[C@@]2(C)C(=O)O[C@@H](C)[C@H](C)N2O1. The summed E-state index contributed by atoms with van der Waals surface area (Å²) in [6, 6.07) is -0.366. The summed E-state index contributed by atoms with van der Waals surface area (Å²) in [5, 5.41) is 1.28. The number of morpholine rings is 1. The van der Waals surface area contributed by atoms with E-state index in [2.05, 4.69) is 9.47 Å². The topological polar surface area (TPSA) is 91.4 Å². The van der Waals surface area contributed by atoms with Gasteiger partial charge < -0.3 is 19.0 Å². The van der Waals surface area contributed by atoms with Crippen molar-refractivity contribution in [2.45, 2.75) is 38.5 Å². The molecule has 0 aromatic carbocycles. The minimum Gasteiger partial charge on any atom is -0.465 e. The van der Waals surface area contributed by atoms with Crippen LogP contribution in [0.2, 0.25) is 0 Å². The van der Waals surface area contributed by atoms with E-state index in [1.807, 2.05) is 0 Å². The number of esters is 3. The van der Waals surface area contributed by atoms with E-state index in [1.165, 1.54) is 12.0 Å². The molecule has 0 saturated carbocycles. The number of fused-ring (bicyclic) bond motifs is 1. The lowest BCUT2D eigenvalue weighted by molar-refractivity contribution is -0.241. The molecular formula is C13H17NO7. The smallest absolute Gasteiger partial charge is 0.376 e. The number of carbonyl (C=O) groups excluding carboxylic acids is 3. The monoisotopic (exact) mass is 299 g/mol. The Morgan fingerprint density at radius 2 is 1.76 bits per heavy atom. The molecular weight excluding hydrogens is 282 g/mol. The van der Waals surface area contributed by atoms with Crippen LogP contribution in [-0.4, -0.2) is 54.9 Å². The van der Waals surface area contributed by atoms with Gasteiger partial charge in [-0.1, -0.05) is 0 Å². The fraction of sp³-hybridized carbons (Fsp3) is 0.615. The number of methoxy groups -OCH3 is 2. The van der Waals surface area contributed by atoms with Crippen molar-refractivity contribution in [3.05, 3.63) is 11.3 Å². The lowest BCUT2D eigenvalue weighted by Gasteiger charge is -2.42. The fourth-order valence-corrected chi connectivity index (χ4v) is 2.45. The number of hydroxylamine groups is 2. The molecule has 2 rings (SSSR count). The lowest BCUT2D eigenvalue weighted by Crippen LogP contribution is -2.63. The molecule has 0 bridgehead atoms. The molecule has 0 spiro atoms. The van der Waals surface area contributed by atoms with Gasteiger partial charge in [-0.25, -0.2) is 14.4 Å². The maximum atomic E-state index is 12.3. The van der Waals surface area contributed by atoms with Crippen LogP contribution in [0, 0.1) is 0 Å². The molecule has 0 radical (unpaired) electrons. The van der Waals surface area contributed by atoms with E-state index in [9.17, 15) is 14.4 Å². The van der Waals surface area contributed by atoms with Crippen LogP contribution in [0.15, 0.2) is 11.3 Å². The first-order valence-corrected chi connectivity index (χ1v) is 6.38. The quantitative estimate of drug-likeness (QED) is 0.517. The van der Waals surface area contributed by atoms with Crippen molar-refractivity contribution in [1.29, 1.82) is 0 Å². The van der Waals surface area contributed by atoms with E-state index in [-0.39, 0.29) is 17.4 Å². The first-order valence-electron chi connectivity index (χ1n) is 6.38. The van der Waals surface area contributed by atoms with Crippen LogP contribution in [0.25, 0.3) is 0 Å². The standard InChI is InChI=1S/C13H17NO7/c1-6-7(2)20-12(17)13(3)8(10(15)18-4)9(11(16)19-5)21-14(6)13/h6-7H,1-5H3/t6-,7-,13-/m0/s1. The Bertz CT molecular complexity index is 541. The van der Waals surface area contributed by atoms with Gasteiger partial charge in [0.05, 0.1) is 20.3 Å². The van der Waals surface area contributed by atoms with Crippen molar-refractivity contribution >= 4 is 17.9 Å². The van der Waals surface area contributed by atoms with Gasteiger partial charge in [0.15, 0.2) is 5.54 Å². The molecule has 2 aliphatic heterocycles. The average molecular weight is 299 g/mol. The normalized spacial score (nSPS) is 32.1. The van der Waals surface area contributed by atoms with Crippen LogP contribution in [0.3, 0.4) is 0 Å². The van der Waals surface area contributed by atoms with Gasteiger partial charge in [0, 0.05) is 0 Å². The minimum absolute atomic E-state index is 0.222. The Morgan fingerprint density at radius 3 is 2.29 bits per heavy atom. The van der Waals surface area contributed by atoms with E-state index in [1.54, 1.807) is 13.8 Å². The Morgan fingerprint density at radius 1 is 1.19 bits per heavy atom. The number of ether oxygens (including phenoxy) is 3. The van der Waals surface area contributed by atoms with E-state index < -0.39 is 29.6 Å². The molecule has 0 aromatic rings. The zero-order valence-corrected chi connectivity index (χ0v) is 12.5. The molecule has 0 unspecified atom stereocenters. The second-order valence-electron chi connectivity index (χ2n) is 5.03. The third-order valence-electron chi connectivity index (χ3n) is 3.84. The van der Waals surface area contributed by atoms with Crippen molar-refractivity contribution < 1.29 is 33.4 Å². The minimum atomic E-state index is -1.55. The Hall–Kier alpha value is -2.09. The van der Waals surface area contributed by atoms with Gasteiger partial charge in [-0.05, 0) is 20.8 Å². The molecule has 8 heteroatoms. The molecule has 1 fully saturated rings. The summed E-state index contributed by atoms with van der Waals surface area (Å²) in [7, 11) is 2.30. The molecule has 0 aliphatic carbocycles. The number of hydrogen-bond acceptors (Lipinski definition) is 8. The summed E-state index contributed by atoms with van der Waals surface area (Å²) in [5.41, 5.74) is -1.77. The Labute approximate surface area is 121 Å². The summed E-state index contributed by atoms with van der Waals surface area (Å²) in [6.45, 7) is 4.89. The Balaban J connectivity index is 2.60. The number of nitrogens with zero attached hydrogens (tertiary/aromatic N) is 1. The van der Waals surface area contributed by atoms with Crippen LogP contribution in [0.5, 0.6) is 0 Å².